The third kappa shape index (κ3) is 2.78. The van der Waals surface area contributed by atoms with E-state index in [1.54, 1.807) is 6.07 Å². The topological polar surface area (TPSA) is 29.3 Å². The maximum absolute atomic E-state index is 13.9. The fourth-order valence-corrected chi connectivity index (χ4v) is 3.09. The molecule has 2 aromatic carbocycles. The van der Waals surface area contributed by atoms with E-state index >= 15 is 0 Å². The first-order chi connectivity index (χ1) is 11.3. The molecule has 0 unspecified atom stereocenters. The van der Waals surface area contributed by atoms with E-state index in [2.05, 4.69) is 10.1 Å². The molecule has 4 rings (SSSR count). The van der Waals surface area contributed by atoms with Crippen LogP contribution in [0.2, 0.25) is 0 Å². The van der Waals surface area contributed by atoms with Crippen molar-refractivity contribution >= 4 is 0 Å². The lowest BCUT2D eigenvalue weighted by Crippen LogP contribution is -2.30. The molecule has 0 radical (unpaired) electrons. The highest BCUT2D eigenvalue weighted by Crippen LogP contribution is 2.30. The second-order valence-corrected chi connectivity index (χ2v) is 5.85. The predicted octanol–water partition coefficient (Wildman–Crippen LogP) is 4.04. The molecule has 116 valence electrons. The fourth-order valence-electron chi connectivity index (χ4n) is 3.09. The van der Waals surface area contributed by atoms with Crippen molar-refractivity contribution in [2.24, 2.45) is 0 Å². The highest BCUT2D eigenvalue weighted by atomic mass is 19.1. The Morgan fingerprint density at radius 1 is 1.04 bits per heavy atom. The van der Waals surface area contributed by atoms with Gasteiger partial charge in [0.1, 0.15) is 17.3 Å². The van der Waals surface area contributed by atoms with Gasteiger partial charge in [0.25, 0.3) is 0 Å². The molecule has 0 N–H and O–H groups in total. The van der Waals surface area contributed by atoms with E-state index in [4.69, 9.17) is 4.52 Å². The summed E-state index contributed by atoms with van der Waals surface area (Å²) < 4.78 is 19.4. The molecule has 0 bridgehead atoms. The number of aromatic nitrogens is 1. The van der Waals surface area contributed by atoms with Gasteiger partial charge in [-0.2, -0.15) is 0 Å². The van der Waals surface area contributed by atoms with E-state index in [9.17, 15) is 4.39 Å². The van der Waals surface area contributed by atoms with Crippen LogP contribution in [0.15, 0.2) is 59.1 Å². The zero-order chi connectivity index (χ0) is 15.6. The summed E-state index contributed by atoms with van der Waals surface area (Å²) in [5, 5.41) is 4.25. The Bertz CT molecular complexity index is 813. The molecule has 0 fully saturated rings. The summed E-state index contributed by atoms with van der Waals surface area (Å²) in [6.07, 6.45) is 0.809. The zero-order valence-corrected chi connectivity index (χ0v) is 12.7. The maximum atomic E-state index is 13.9. The molecule has 2 heterocycles. The molecule has 0 amide bonds. The summed E-state index contributed by atoms with van der Waals surface area (Å²) in [6, 6.07) is 17.0. The van der Waals surface area contributed by atoms with Gasteiger partial charge in [-0.25, -0.2) is 4.39 Å². The molecular formula is C19H17FN2O. The fraction of sp³-hybridized carbons (Fsp3) is 0.211. The number of halogens is 1. The summed E-state index contributed by atoms with van der Waals surface area (Å²) in [6.45, 7) is 2.19. The first kappa shape index (κ1) is 14.2. The first-order valence-electron chi connectivity index (χ1n) is 7.80. The van der Waals surface area contributed by atoms with Crippen molar-refractivity contribution in [2.75, 3.05) is 6.54 Å². The standard InChI is InChI=1S/C19H17FN2O/c20-17-9-5-4-8-15(17)12-22-11-10-18-16(13-22)19(21-23-18)14-6-2-1-3-7-14/h1-9H,10-13H2. The van der Waals surface area contributed by atoms with Crippen LogP contribution in [0.1, 0.15) is 16.9 Å². The molecule has 1 aliphatic rings. The second kappa shape index (κ2) is 5.97. The van der Waals surface area contributed by atoms with Crippen molar-refractivity contribution in [1.82, 2.24) is 10.1 Å². The molecule has 23 heavy (non-hydrogen) atoms. The monoisotopic (exact) mass is 308 g/mol. The number of hydrogen-bond acceptors (Lipinski definition) is 3. The van der Waals surface area contributed by atoms with Crippen LogP contribution in [0.25, 0.3) is 11.3 Å². The molecule has 0 aliphatic carbocycles. The van der Waals surface area contributed by atoms with Crippen molar-refractivity contribution in [3.63, 3.8) is 0 Å². The van der Waals surface area contributed by atoms with Crippen LogP contribution in [-0.4, -0.2) is 16.6 Å². The summed E-state index contributed by atoms with van der Waals surface area (Å²) in [7, 11) is 0. The SMILES string of the molecule is Fc1ccccc1CN1CCc2onc(-c3ccccc3)c2C1. The third-order valence-electron chi connectivity index (χ3n) is 4.31. The van der Waals surface area contributed by atoms with Gasteiger partial charge in [0, 0.05) is 42.7 Å². The van der Waals surface area contributed by atoms with Crippen LogP contribution in [-0.2, 0) is 19.5 Å². The molecule has 0 spiro atoms. The van der Waals surface area contributed by atoms with Crippen molar-refractivity contribution in [3.8, 4) is 11.3 Å². The van der Waals surface area contributed by atoms with Crippen LogP contribution >= 0.6 is 0 Å². The van der Waals surface area contributed by atoms with Crippen LogP contribution in [0.3, 0.4) is 0 Å². The van der Waals surface area contributed by atoms with Gasteiger partial charge in [-0.3, -0.25) is 4.90 Å². The Kier molecular flexibility index (Phi) is 3.67. The predicted molar refractivity (Wildman–Crippen MR) is 86.2 cm³/mol. The number of fused-ring (bicyclic) bond motifs is 1. The van der Waals surface area contributed by atoms with Crippen LogP contribution in [0.5, 0.6) is 0 Å². The lowest BCUT2D eigenvalue weighted by Gasteiger charge is -2.26. The van der Waals surface area contributed by atoms with Crippen molar-refractivity contribution in [1.29, 1.82) is 0 Å². The Balaban J connectivity index is 1.59. The van der Waals surface area contributed by atoms with Crippen LogP contribution in [0, 0.1) is 5.82 Å². The van der Waals surface area contributed by atoms with E-state index in [0.29, 0.717) is 6.54 Å². The van der Waals surface area contributed by atoms with Gasteiger partial charge in [-0.15, -0.1) is 0 Å². The van der Waals surface area contributed by atoms with E-state index < -0.39 is 0 Å². The number of benzene rings is 2. The molecule has 3 nitrogen and oxygen atoms in total. The summed E-state index contributed by atoms with van der Waals surface area (Å²) in [5.74, 6) is 0.806. The van der Waals surface area contributed by atoms with E-state index in [0.717, 1.165) is 47.7 Å². The summed E-state index contributed by atoms with van der Waals surface area (Å²) in [5.41, 5.74) is 3.82. The number of hydrogen-bond donors (Lipinski definition) is 0. The minimum atomic E-state index is -0.146. The Hall–Kier alpha value is -2.46. The average Bonchev–Trinajstić information content (AvgIpc) is 3.01. The Labute approximate surface area is 134 Å². The zero-order valence-electron chi connectivity index (χ0n) is 12.7. The van der Waals surface area contributed by atoms with Gasteiger partial charge in [0.05, 0.1) is 0 Å². The highest BCUT2D eigenvalue weighted by molar-refractivity contribution is 5.63. The van der Waals surface area contributed by atoms with Gasteiger partial charge in [0.2, 0.25) is 0 Å². The molecule has 0 saturated carbocycles. The number of nitrogens with zero attached hydrogens (tertiary/aromatic N) is 2. The van der Waals surface area contributed by atoms with Crippen LogP contribution < -0.4 is 0 Å². The van der Waals surface area contributed by atoms with E-state index in [1.807, 2.05) is 42.5 Å². The third-order valence-corrected chi connectivity index (χ3v) is 4.31. The molecule has 1 aromatic heterocycles. The normalized spacial score (nSPS) is 14.7. The Morgan fingerprint density at radius 3 is 2.65 bits per heavy atom. The van der Waals surface area contributed by atoms with Gasteiger partial charge in [0.15, 0.2) is 0 Å². The van der Waals surface area contributed by atoms with E-state index in [-0.39, 0.29) is 5.82 Å². The summed E-state index contributed by atoms with van der Waals surface area (Å²) in [4.78, 5) is 2.24. The highest BCUT2D eigenvalue weighted by Gasteiger charge is 2.25. The largest absolute Gasteiger partial charge is 0.360 e. The van der Waals surface area contributed by atoms with Crippen LogP contribution in [0.4, 0.5) is 4.39 Å². The first-order valence-corrected chi connectivity index (χ1v) is 7.80. The van der Waals surface area contributed by atoms with Gasteiger partial charge < -0.3 is 4.52 Å². The van der Waals surface area contributed by atoms with Crippen molar-refractivity contribution < 1.29 is 8.91 Å². The van der Waals surface area contributed by atoms with Gasteiger partial charge in [-0.05, 0) is 6.07 Å². The second-order valence-electron chi connectivity index (χ2n) is 5.85. The maximum Gasteiger partial charge on any atom is 0.143 e. The quantitative estimate of drug-likeness (QED) is 0.731. The molecular weight excluding hydrogens is 291 g/mol. The smallest absolute Gasteiger partial charge is 0.143 e. The van der Waals surface area contributed by atoms with Gasteiger partial charge >= 0.3 is 0 Å². The lowest BCUT2D eigenvalue weighted by atomic mass is 10.0. The molecule has 3 aromatic rings. The molecule has 4 heteroatoms. The van der Waals surface area contributed by atoms with Gasteiger partial charge in [-0.1, -0.05) is 53.7 Å². The van der Waals surface area contributed by atoms with Crippen molar-refractivity contribution in [3.05, 3.63) is 77.3 Å². The Morgan fingerprint density at radius 2 is 1.83 bits per heavy atom. The minimum absolute atomic E-state index is 0.146. The molecule has 1 aliphatic heterocycles. The average molecular weight is 308 g/mol. The minimum Gasteiger partial charge on any atom is -0.360 e. The van der Waals surface area contributed by atoms with Crippen molar-refractivity contribution in [2.45, 2.75) is 19.5 Å². The lowest BCUT2D eigenvalue weighted by molar-refractivity contribution is 0.226. The number of rotatable bonds is 3. The molecule has 0 saturated heterocycles. The van der Waals surface area contributed by atoms with E-state index in [1.165, 1.54) is 6.07 Å². The molecule has 0 atom stereocenters. The summed E-state index contributed by atoms with van der Waals surface area (Å²) >= 11 is 0.